The van der Waals surface area contributed by atoms with Crippen LogP contribution >= 0.6 is 0 Å². The van der Waals surface area contributed by atoms with Gasteiger partial charge in [0, 0.05) is 5.56 Å². The number of hydrogen-bond acceptors (Lipinski definition) is 3. The molecule has 0 fully saturated rings. The predicted octanol–water partition coefficient (Wildman–Crippen LogP) is 2.25. The minimum absolute atomic E-state index is 0.596. The average molecular weight is 234 g/mol. The zero-order valence-corrected chi connectivity index (χ0v) is 9.98. The van der Waals surface area contributed by atoms with Crippen molar-refractivity contribution in [1.29, 1.82) is 0 Å². The van der Waals surface area contributed by atoms with Crippen LogP contribution in [0.25, 0.3) is 6.08 Å². The van der Waals surface area contributed by atoms with Gasteiger partial charge in [0.25, 0.3) is 0 Å². The Bertz CT molecular complexity index is 504. The molecule has 2 rings (SSSR count). The second kappa shape index (κ2) is 3.80. The van der Waals surface area contributed by atoms with E-state index < -0.39 is 11.6 Å². The van der Waals surface area contributed by atoms with E-state index in [9.17, 15) is 4.79 Å². The van der Waals surface area contributed by atoms with Crippen molar-refractivity contribution < 1.29 is 19.4 Å². The number of benzene rings is 1. The Morgan fingerprint density at radius 2 is 2.18 bits per heavy atom. The molecule has 1 aromatic carbocycles. The lowest BCUT2D eigenvalue weighted by molar-refractivity contribution is -0.149. The molecular formula is C13H14O4. The van der Waals surface area contributed by atoms with Gasteiger partial charge in [-0.05, 0) is 37.6 Å². The first kappa shape index (κ1) is 11.5. The fraction of sp³-hybridized carbons (Fsp3) is 0.308. The number of carboxylic acids is 1. The fourth-order valence-corrected chi connectivity index (χ4v) is 1.76. The van der Waals surface area contributed by atoms with Crippen molar-refractivity contribution in [3.8, 4) is 11.5 Å². The molecule has 0 bridgehead atoms. The summed E-state index contributed by atoms with van der Waals surface area (Å²) in [5, 5.41) is 9.11. The smallest absolute Gasteiger partial charge is 0.351 e. The van der Waals surface area contributed by atoms with Gasteiger partial charge in [-0.25, -0.2) is 4.79 Å². The van der Waals surface area contributed by atoms with E-state index in [1.165, 1.54) is 13.0 Å². The molecule has 1 atom stereocenters. The van der Waals surface area contributed by atoms with E-state index in [0.29, 0.717) is 5.75 Å². The molecule has 90 valence electrons. The van der Waals surface area contributed by atoms with Crippen LogP contribution in [-0.4, -0.2) is 23.8 Å². The van der Waals surface area contributed by atoms with Gasteiger partial charge in [-0.2, -0.15) is 0 Å². The summed E-state index contributed by atoms with van der Waals surface area (Å²) < 4.78 is 10.7. The number of carboxylic acid groups (broad SMARTS) is 1. The van der Waals surface area contributed by atoms with Gasteiger partial charge in [0.15, 0.2) is 0 Å². The molecule has 0 saturated heterocycles. The summed E-state index contributed by atoms with van der Waals surface area (Å²) in [7, 11) is 1.59. The lowest BCUT2D eigenvalue weighted by Gasteiger charge is -2.28. The summed E-state index contributed by atoms with van der Waals surface area (Å²) in [5.74, 6) is 0.321. The van der Waals surface area contributed by atoms with Crippen LogP contribution in [0.3, 0.4) is 0 Å². The lowest BCUT2D eigenvalue weighted by Crippen LogP contribution is -2.40. The Kier molecular flexibility index (Phi) is 2.58. The zero-order chi connectivity index (χ0) is 12.6. The monoisotopic (exact) mass is 234 g/mol. The van der Waals surface area contributed by atoms with Gasteiger partial charge >= 0.3 is 5.97 Å². The topological polar surface area (TPSA) is 55.8 Å². The highest BCUT2D eigenvalue weighted by molar-refractivity contribution is 5.84. The van der Waals surface area contributed by atoms with Crippen molar-refractivity contribution in [1.82, 2.24) is 0 Å². The number of ether oxygens (including phenoxy) is 2. The van der Waals surface area contributed by atoms with Crippen LogP contribution in [-0.2, 0) is 4.79 Å². The lowest BCUT2D eigenvalue weighted by atomic mass is 9.98. The van der Waals surface area contributed by atoms with Gasteiger partial charge < -0.3 is 14.6 Å². The average Bonchev–Trinajstić information content (AvgIpc) is 2.29. The first-order chi connectivity index (χ1) is 7.96. The number of rotatable bonds is 2. The summed E-state index contributed by atoms with van der Waals surface area (Å²) in [6, 6.07) is 3.64. The maximum Gasteiger partial charge on any atom is 0.351 e. The molecule has 0 aliphatic carbocycles. The molecule has 1 aromatic rings. The number of methoxy groups -OCH3 is 1. The molecule has 4 nitrogen and oxygen atoms in total. The Balaban J connectivity index is 2.50. The van der Waals surface area contributed by atoms with Crippen molar-refractivity contribution in [2.75, 3.05) is 7.11 Å². The summed E-state index contributed by atoms with van der Waals surface area (Å²) in [6.07, 6.45) is 3.29. The van der Waals surface area contributed by atoms with E-state index in [-0.39, 0.29) is 0 Å². The molecule has 0 amide bonds. The van der Waals surface area contributed by atoms with Crippen LogP contribution in [0.2, 0.25) is 0 Å². The van der Waals surface area contributed by atoms with E-state index in [4.69, 9.17) is 14.6 Å². The molecule has 0 aromatic heterocycles. The van der Waals surface area contributed by atoms with Crippen LogP contribution in [0.4, 0.5) is 0 Å². The first-order valence-electron chi connectivity index (χ1n) is 5.26. The number of aliphatic carboxylic acids is 1. The number of carbonyl (C=O) groups is 1. The maximum absolute atomic E-state index is 11.1. The highest BCUT2D eigenvalue weighted by Gasteiger charge is 2.36. The summed E-state index contributed by atoms with van der Waals surface area (Å²) >= 11 is 0. The second-order valence-corrected chi connectivity index (χ2v) is 4.21. The number of fused-ring (bicyclic) bond motifs is 1. The normalized spacial score (nSPS) is 21.6. The standard InChI is InChI=1S/C13H14O4/c1-8-6-10(16-3)7-9-4-5-13(2,12(14)15)17-11(8)9/h4-7H,1-3H3,(H,14,15)/t13-/m1/s1. The van der Waals surface area contributed by atoms with Gasteiger partial charge in [-0.15, -0.1) is 0 Å². The third-order valence-electron chi connectivity index (χ3n) is 2.83. The third-order valence-corrected chi connectivity index (χ3v) is 2.83. The van der Waals surface area contributed by atoms with Crippen molar-refractivity contribution in [3.05, 3.63) is 29.3 Å². The van der Waals surface area contributed by atoms with Crippen molar-refractivity contribution in [2.45, 2.75) is 19.4 Å². The fourth-order valence-electron chi connectivity index (χ4n) is 1.76. The molecule has 1 aliphatic rings. The molecule has 1 aliphatic heterocycles. The van der Waals surface area contributed by atoms with Gasteiger partial charge in [0.1, 0.15) is 11.5 Å². The van der Waals surface area contributed by atoms with Gasteiger partial charge in [-0.1, -0.05) is 6.08 Å². The van der Waals surface area contributed by atoms with Crippen LogP contribution in [0.1, 0.15) is 18.1 Å². The molecule has 1 N–H and O–H groups in total. The second-order valence-electron chi connectivity index (χ2n) is 4.21. The predicted molar refractivity (Wildman–Crippen MR) is 63.4 cm³/mol. The summed E-state index contributed by atoms with van der Waals surface area (Å²) in [6.45, 7) is 3.39. The molecule has 4 heteroatoms. The summed E-state index contributed by atoms with van der Waals surface area (Å²) in [4.78, 5) is 11.1. The van der Waals surface area contributed by atoms with Gasteiger partial charge in [0.05, 0.1) is 7.11 Å². The maximum atomic E-state index is 11.1. The molecule has 0 unspecified atom stereocenters. The molecule has 0 spiro atoms. The van der Waals surface area contributed by atoms with E-state index in [0.717, 1.165) is 16.9 Å². The first-order valence-corrected chi connectivity index (χ1v) is 5.26. The van der Waals surface area contributed by atoms with Crippen LogP contribution in [0.5, 0.6) is 11.5 Å². The Morgan fingerprint density at radius 3 is 2.76 bits per heavy atom. The molecule has 1 heterocycles. The van der Waals surface area contributed by atoms with Gasteiger partial charge in [0.2, 0.25) is 5.60 Å². The number of hydrogen-bond donors (Lipinski definition) is 1. The SMILES string of the molecule is COc1cc(C)c2c(c1)C=C[C@](C)(C(=O)O)O2. The van der Waals surface area contributed by atoms with Crippen molar-refractivity contribution >= 4 is 12.0 Å². The van der Waals surface area contributed by atoms with E-state index in [2.05, 4.69) is 0 Å². The molecule has 0 saturated carbocycles. The van der Waals surface area contributed by atoms with E-state index in [1.54, 1.807) is 13.2 Å². The Morgan fingerprint density at radius 1 is 1.47 bits per heavy atom. The van der Waals surface area contributed by atoms with Crippen LogP contribution in [0.15, 0.2) is 18.2 Å². The van der Waals surface area contributed by atoms with Crippen LogP contribution < -0.4 is 9.47 Å². The Labute approximate surface area is 99.5 Å². The summed E-state index contributed by atoms with van der Waals surface area (Å²) in [5.41, 5.74) is 0.392. The zero-order valence-electron chi connectivity index (χ0n) is 9.98. The molecular weight excluding hydrogens is 220 g/mol. The third kappa shape index (κ3) is 1.86. The molecule has 17 heavy (non-hydrogen) atoms. The van der Waals surface area contributed by atoms with E-state index >= 15 is 0 Å². The van der Waals surface area contributed by atoms with Gasteiger partial charge in [-0.3, -0.25) is 0 Å². The van der Waals surface area contributed by atoms with Crippen LogP contribution in [0, 0.1) is 6.92 Å². The highest BCUT2D eigenvalue weighted by atomic mass is 16.5. The minimum Gasteiger partial charge on any atom is -0.497 e. The number of aryl methyl sites for hydroxylation is 1. The highest BCUT2D eigenvalue weighted by Crippen LogP contribution is 2.36. The van der Waals surface area contributed by atoms with E-state index in [1.807, 2.05) is 19.1 Å². The molecule has 0 radical (unpaired) electrons. The minimum atomic E-state index is -1.30. The largest absolute Gasteiger partial charge is 0.497 e. The van der Waals surface area contributed by atoms with Crippen molar-refractivity contribution in [2.24, 2.45) is 0 Å². The van der Waals surface area contributed by atoms with Crippen molar-refractivity contribution in [3.63, 3.8) is 0 Å². The Hall–Kier alpha value is -1.97. The quantitative estimate of drug-likeness (QED) is 0.852.